The maximum Gasteiger partial charge on any atom is 0.236 e. The summed E-state index contributed by atoms with van der Waals surface area (Å²) in [6.07, 6.45) is 0. The zero-order chi connectivity index (χ0) is 26.9. The molecule has 2 aromatic heterocycles. The summed E-state index contributed by atoms with van der Waals surface area (Å²) in [5.41, 5.74) is 9.05. The molecule has 4 aromatic rings. The van der Waals surface area contributed by atoms with Crippen LogP contribution in [0.4, 0.5) is 16.2 Å². The van der Waals surface area contributed by atoms with Crippen molar-refractivity contribution in [3.8, 4) is 16.9 Å². The lowest BCUT2D eigenvalue weighted by Gasteiger charge is -2.36. The van der Waals surface area contributed by atoms with Gasteiger partial charge in [0.2, 0.25) is 11.9 Å². The topological polar surface area (TPSA) is 106 Å². The number of ether oxygens (including phenoxy) is 1. The predicted molar refractivity (Wildman–Crippen MR) is 148 cm³/mol. The van der Waals surface area contributed by atoms with E-state index in [0.717, 1.165) is 5.69 Å². The Morgan fingerprint density at radius 2 is 1.64 bits per heavy atom. The zero-order valence-electron chi connectivity index (χ0n) is 21.3. The number of anilines is 2. The van der Waals surface area contributed by atoms with E-state index in [9.17, 15) is 9.18 Å². The van der Waals surface area contributed by atoms with Crippen molar-refractivity contribution in [1.82, 2.24) is 29.5 Å². The lowest BCUT2D eigenvalue weighted by Crippen LogP contribution is -2.51. The van der Waals surface area contributed by atoms with E-state index >= 15 is 0 Å². The number of hydrogen-bond acceptors (Lipinski definition) is 8. The maximum atomic E-state index is 13.7. The van der Waals surface area contributed by atoms with Gasteiger partial charge < -0.3 is 20.3 Å². The van der Waals surface area contributed by atoms with Gasteiger partial charge in [-0.3, -0.25) is 9.69 Å². The molecule has 0 radical (unpaired) electrons. The number of nitrogen functional groups attached to an aromatic ring is 1. The highest BCUT2D eigenvalue weighted by molar-refractivity contribution is 6.30. The normalized spacial score (nSPS) is 16.7. The Morgan fingerprint density at radius 1 is 0.949 bits per heavy atom. The van der Waals surface area contributed by atoms with Crippen molar-refractivity contribution >= 4 is 40.3 Å². The Morgan fingerprint density at radius 3 is 2.33 bits per heavy atom. The number of nitrogens with zero attached hydrogens (tertiary/aromatic N) is 7. The number of hydrogen-bond donors (Lipinski definition) is 1. The highest BCUT2D eigenvalue weighted by atomic mass is 35.5. The van der Waals surface area contributed by atoms with E-state index in [1.54, 1.807) is 28.9 Å². The standard InChI is InChI=1S/C27H28ClFN8O2/c28-19-3-7-21(8-4-19)37-25(30)23-24(18-1-5-20(29)6-2-18)31-27(32-26(23)33-37)36-11-9-34(10-12-36)17-22(38)35-13-15-39-16-14-35/h1-8H,9-17,30H2. The number of benzene rings is 2. The van der Waals surface area contributed by atoms with Crippen molar-refractivity contribution in [3.63, 3.8) is 0 Å². The predicted octanol–water partition coefficient (Wildman–Crippen LogP) is 2.84. The molecule has 2 aliphatic heterocycles. The fraction of sp³-hybridized carbons (Fsp3) is 0.333. The maximum absolute atomic E-state index is 13.7. The molecule has 2 fully saturated rings. The van der Waals surface area contributed by atoms with Crippen molar-refractivity contribution < 1.29 is 13.9 Å². The van der Waals surface area contributed by atoms with E-state index in [1.165, 1.54) is 12.1 Å². The third-order valence-corrected chi connectivity index (χ3v) is 7.38. The summed E-state index contributed by atoms with van der Waals surface area (Å²) in [6, 6.07) is 13.3. The number of fused-ring (bicyclic) bond motifs is 1. The van der Waals surface area contributed by atoms with Gasteiger partial charge in [-0.05, 0) is 48.5 Å². The lowest BCUT2D eigenvalue weighted by molar-refractivity contribution is -0.136. The van der Waals surface area contributed by atoms with Gasteiger partial charge in [0.15, 0.2) is 5.65 Å². The number of carbonyl (C=O) groups excluding carboxylic acids is 1. The van der Waals surface area contributed by atoms with Gasteiger partial charge >= 0.3 is 0 Å². The second-order valence-electron chi connectivity index (χ2n) is 9.61. The van der Waals surface area contributed by atoms with Crippen LogP contribution in [0.1, 0.15) is 0 Å². The Hall–Kier alpha value is -3.80. The Bertz CT molecular complexity index is 1480. The number of amides is 1. The van der Waals surface area contributed by atoms with Gasteiger partial charge in [-0.1, -0.05) is 11.6 Å². The average molecular weight is 551 g/mol. The molecule has 2 saturated heterocycles. The summed E-state index contributed by atoms with van der Waals surface area (Å²) in [5.74, 6) is 0.689. The number of rotatable bonds is 5. The number of piperazine rings is 1. The summed E-state index contributed by atoms with van der Waals surface area (Å²) in [4.78, 5) is 28.5. The molecule has 0 spiro atoms. The summed E-state index contributed by atoms with van der Waals surface area (Å²) in [6.45, 7) is 5.56. The molecule has 1 amide bonds. The van der Waals surface area contributed by atoms with Crippen LogP contribution in [-0.4, -0.2) is 94.5 Å². The molecule has 39 heavy (non-hydrogen) atoms. The van der Waals surface area contributed by atoms with Crippen LogP contribution in [0, 0.1) is 5.82 Å². The number of morpholine rings is 1. The Kier molecular flexibility index (Phi) is 7.03. The molecule has 2 N–H and O–H groups in total. The van der Waals surface area contributed by atoms with Crippen molar-refractivity contribution in [2.45, 2.75) is 0 Å². The van der Waals surface area contributed by atoms with Gasteiger partial charge in [-0.25, -0.2) is 14.1 Å². The van der Waals surface area contributed by atoms with Crippen LogP contribution in [0.2, 0.25) is 5.02 Å². The summed E-state index contributed by atoms with van der Waals surface area (Å²) < 4.78 is 20.7. The summed E-state index contributed by atoms with van der Waals surface area (Å²) in [7, 11) is 0. The number of aromatic nitrogens is 4. The first-order valence-corrected chi connectivity index (χ1v) is 13.2. The molecule has 202 valence electrons. The summed E-state index contributed by atoms with van der Waals surface area (Å²) >= 11 is 6.07. The van der Waals surface area contributed by atoms with Crippen LogP contribution < -0.4 is 10.6 Å². The minimum atomic E-state index is -0.336. The molecule has 6 rings (SSSR count). The van der Waals surface area contributed by atoms with E-state index in [-0.39, 0.29) is 11.7 Å². The molecule has 2 aromatic carbocycles. The van der Waals surface area contributed by atoms with E-state index in [4.69, 9.17) is 37.1 Å². The van der Waals surface area contributed by atoms with Crippen molar-refractivity contribution in [3.05, 3.63) is 59.4 Å². The van der Waals surface area contributed by atoms with Crippen LogP contribution in [0.3, 0.4) is 0 Å². The zero-order valence-corrected chi connectivity index (χ0v) is 22.0. The lowest BCUT2D eigenvalue weighted by atomic mass is 10.1. The molecule has 0 saturated carbocycles. The third kappa shape index (κ3) is 5.25. The van der Waals surface area contributed by atoms with Crippen LogP contribution in [-0.2, 0) is 9.53 Å². The number of halogens is 2. The van der Waals surface area contributed by atoms with Crippen LogP contribution in [0.25, 0.3) is 28.0 Å². The minimum Gasteiger partial charge on any atom is -0.383 e. The molecular formula is C27H28ClFN8O2. The highest BCUT2D eigenvalue weighted by Crippen LogP contribution is 2.34. The van der Waals surface area contributed by atoms with Gasteiger partial charge in [-0.2, -0.15) is 4.98 Å². The SMILES string of the molecule is Nc1c2c(-c3ccc(F)cc3)nc(N3CCN(CC(=O)N4CCOCC4)CC3)nc2nn1-c1ccc(Cl)cc1. The molecule has 4 heterocycles. The minimum absolute atomic E-state index is 0.131. The Labute approximate surface area is 229 Å². The van der Waals surface area contributed by atoms with E-state index in [0.29, 0.717) is 98.1 Å². The second-order valence-corrected chi connectivity index (χ2v) is 10.0. The molecular weight excluding hydrogens is 523 g/mol. The van der Waals surface area contributed by atoms with Crippen LogP contribution in [0.15, 0.2) is 48.5 Å². The molecule has 2 aliphatic rings. The number of carbonyl (C=O) groups is 1. The first-order valence-electron chi connectivity index (χ1n) is 12.9. The first-order chi connectivity index (χ1) is 19.0. The number of nitrogens with two attached hydrogens (primary N) is 1. The van der Waals surface area contributed by atoms with Gasteiger partial charge in [0.05, 0.1) is 36.5 Å². The van der Waals surface area contributed by atoms with Gasteiger partial charge in [0.25, 0.3) is 0 Å². The largest absolute Gasteiger partial charge is 0.383 e. The van der Waals surface area contributed by atoms with Crippen molar-refractivity contribution in [2.24, 2.45) is 0 Å². The molecule has 10 nitrogen and oxygen atoms in total. The molecule has 0 aliphatic carbocycles. The average Bonchev–Trinajstić information content (AvgIpc) is 3.30. The monoisotopic (exact) mass is 550 g/mol. The van der Waals surface area contributed by atoms with E-state index < -0.39 is 0 Å². The summed E-state index contributed by atoms with van der Waals surface area (Å²) in [5, 5.41) is 5.90. The van der Waals surface area contributed by atoms with Crippen molar-refractivity contribution in [2.75, 3.05) is 69.7 Å². The van der Waals surface area contributed by atoms with E-state index in [2.05, 4.69) is 9.80 Å². The highest BCUT2D eigenvalue weighted by Gasteiger charge is 2.26. The second kappa shape index (κ2) is 10.8. The molecule has 0 atom stereocenters. The quantitative estimate of drug-likeness (QED) is 0.404. The smallest absolute Gasteiger partial charge is 0.236 e. The first kappa shape index (κ1) is 25.5. The third-order valence-electron chi connectivity index (χ3n) is 7.12. The fourth-order valence-corrected chi connectivity index (χ4v) is 5.07. The van der Waals surface area contributed by atoms with Gasteiger partial charge in [0, 0.05) is 49.9 Å². The molecule has 12 heteroatoms. The van der Waals surface area contributed by atoms with Crippen LogP contribution >= 0.6 is 11.6 Å². The van der Waals surface area contributed by atoms with Crippen LogP contribution in [0.5, 0.6) is 0 Å². The van der Waals surface area contributed by atoms with Crippen molar-refractivity contribution in [1.29, 1.82) is 0 Å². The molecule has 0 unspecified atom stereocenters. The van der Waals surface area contributed by atoms with E-state index in [1.807, 2.05) is 17.0 Å². The van der Waals surface area contributed by atoms with Gasteiger partial charge in [-0.15, -0.1) is 5.10 Å². The molecule has 0 bridgehead atoms. The van der Waals surface area contributed by atoms with Gasteiger partial charge in [0.1, 0.15) is 11.6 Å². The fourth-order valence-electron chi connectivity index (χ4n) is 4.95. The Balaban J connectivity index is 1.29.